The van der Waals surface area contributed by atoms with Crippen molar-refractivity contribution in [1.29, 1.82) is 0 Å². The van der Waals surface area contributed by atoms with Crippen molar-refractivity contribution < 1.29 is 14.7 Å². The molecular weight excluding hydrogens is 430 g/mol. The molecule has 0 bridgehead atoms. The average molecular weight is 466 g/mol. The number of likely N-dealkylation sites (tertiary alicyclic amines) is 1. The minimum atomic E-state index is -0.672. The molecule has 34 heavy (non-hydrogen) atoms. The Morgan fingerprint density at radius 3 is 2.50 bits per heavy atom. The van der Waals surface area contributed by atoms with Gasteiger partial charge in [0.25, 0.3) is 5.56 Å². The van der Waals surface area contributed by atoms with E-state index in [0.29, 0.717) is 6.54 Å². The molecule has 2 aliphatic heterocycles. The van der Waals surface area contributed by atoms with Crippen molar-refractivity contribution in [2.75, 3.05) is 6.61 Å². The van der Waals surface area contributed by atoms with Gasteiger partial charge in [-0.15, -0.1) is 0 Å². The highest BCUT2D eigenvalue weighted by molar-refractivity contribution is 5.90. The summed E-state index contributed by atoms with van der Waals surface area (Å²) in [6.07, 6.45) is 12.0. The zero-order valence-electron chi connectivity index (χ0n) is 19.7. The Bertz CT molecular complexity index is 1080. The van der Waals surface area contributed by atoms with Gasteiger partial charge in [0, 0.05) is 48.2 Å². The van der Waals surface area contributed by atoms with Gasteiger partial charge in [-0.3, -0.25) is 14.4 Å². The summed E-state index contributed by atoms with van der Waals surface area (Å²) in [6, 6.07) is 3.09. The third kappa shape index (κ3) is 3.38. The SMILES string of the molecule is O=C(NC1CCC1)[C@@H]1[C@@H](CO)[C@@H]2Cn3c(ccc(C4=CCCC4)c3=O)[C@@H]2N1C(=O)C1CCCC1. The quantitative estimate of drug-likeness (QED) is 0.700. The number of amides is 2. The second-order valence-corrected chi connectivity index (χ2v) is 11.0. The van der Waals surface area contributed by atoms with Crippen LogP contribution in [0.2, 0.25) is 0 Å². The Morgan fingerprint density at radius 1 is 1.06 bits per heavy atom. The van der Waals surface area contributed by atoms with E-state index in [9.17, 15) is 19.5 Å². The zero-order valence-corrected chi connectivity index (χ0v) is 19.7. The van der Waals surface area contributed by atoms with Gasteiger partial charge in [-0.25, -0.2) is 0 Å². The number of aromatic nitrogens is 1. The fourth-order valence-electron chi connectivity index (χ4n) is 7.11. The Kier molecular flexibility index (Phi) is 5.63. The summed E-state index contributed by atoms with van der Waals surface area (Å²) in [6.45, 7) is 0.284. The first-order chi connectivity index (χ1) is 16.6. The molecule has 0 aromatic carbocycles. The highest BCUT2D eigenvalue weighted by Gasteiger charge is 2.58. The number of fused-ring (bicyclic) bond motifs is 3. The normalized spacial score (nSPS) is 30.7. The number of aliphatic hydroxyl groups is 1. The van der Waals surface area contributed by atoms with Gasteiger partial charge >= 0.3 is 0 Å². The second kappa shape index (κ2) is 8.67. The van der Waals surface area contributed by atoms with Crippen LogP contribution in [0.15, 0.2) is 23.0 Å². The molecule has 7 heteroatoms. The summed E-state index contributed by atoms with van der Waals surface area (Å²) < 4.78 is 1.82. The van der Waals surface area contributed by atoms with Crippen LogP contribution in [0.1, 0.15) is 81.5 Å². The highest BCUT2D eigenvalue weighted by Crippen LogP contribution is 2.50. The lowest BCUT2D eigenvalue weighted by molar-refractivity contribution is -0.145. The van der Waals surface area contributed by atoms with Crippen LogP contribution in [0.25, 0.3) is 5.57 Å². The van der Waals surface area contributed by atoms with Crippen LogP contribution in [-0.4, -0.2) is 45.1 Å². The molecule has 1 aromatic heterocycles. The van der Waals surface area contributed by atoms with Gasteiger partial charge in [0.15, 0.2) is 0 Å². The number of pyridine rings is 1. The van der Waals surface area contributed by atoms with Gasteiger partial charge in [0.2, 0.25) is 11.8 Å². The molecule has 1 aromatic rings. The van der Waals surface area contributed by atoms with E-state index >= 15 is 0 Å². The summed E-state index contributed by atoms with van der Waals surface area (Å²) in [7, 11) is 0. The molecule has 4 atom stereocenters. The predicted octanol–water partition coefficient (Wildman–Crippen LogP) is 2.76. The van der Waals surface area contributed by atoms with Gasteiger partial charge in [-0.2, -0.15) is 0 Å². The summed E-state index contributed by atoms with van der Waals surface area (Å²) in [4.78, 5) is 42.7. The van der Waals surface area contributed by atoms with Crippen molar-refractivity contribution in [3.05, 3.63) is 39.8 Å². The number of aliphatic hydroxyl groups excluding tert-OH is 1. The number of rotatable bonds is 5. The third-order valence-corrected chi connectivity index (χ3v) is 9.14. The van der Waals surface area contributed by atoms with E-state index in [1.54, 1.807) is 4.90 Å². The molecule has 182 valence electrons. The molecule has 0 spiro atoms. The summed E-state index contributed by atoms with van der Waals surface area (Å²) in [5, 5.41) is 13.6. The van der Waals surface area contributed by atoms with E-state index in [-0.39, 0.29) is 53.8 Å². The molecule has 1 saturated heterocycles. The minimum absolute atomic E-state index is 0.000440. The lowest BCUT2D eigenvalue weighted by atomic mass is 9.87. The van der Waals surface area contributed by atoms with E-state index in [0.717, 1.165) is 81.0 Å². The molecule has 3 fully saturated rings. The molecular formula is C27H35N3O4. The van der Waals surface area contributed by atoms with Gasteiger partial charge in [-0.05, 0) is 69.1 Å². The van der Waals surface area contributed by atoms with Gasteiger partial charge < -0.3 is 19.9 Å². The maximum atomic E-state index is 13.9. The first-order valence-corrected chi connectivity index (χ1v) is 13.2. The Hall–Kier alpha value is -2.41. The van der Waals surface area contributed by atoms with Crippen LogP contribution in [0.5, 0.6) is 0 Å². The molecule has 5 aliphatic rings. The number of nitrogens with zero attached hydrogens (tertiary/aromatic N) is 2. The molecule has 2 N–H and O–H groups in total. The first-order valence-electron chi connectivity index (χ1n) is 13.2. The topological polar surface area (TPSA) is 91.6 Å². The molecule has 6 rings (SSSR count). The van der Waals surface area contributed by atoms with Gasteiger partial charge in [0.05, 0.1) is 6.04 Å². The number of hydrogen-bond donors (Lipinski definition) is 2. The van der Waals surface area contributed by atoms with E-state index in [1.165, 1.54) is 0 Å². The van der Waals surface area contributed by atoms with Gasteiger partial charge in [0.1, 0.15) is 6.04 Å². The molecule has 0 unspecified atom stereocenters. The lowest BCUT2D eigenvalue weighted by Gasteiger charge is -2.35. The molecule has 0 radical (unpaired) electrons. The third-order valence-electron chi connectivity index (χ3n) is 9.14. The molecule has 7 nitrogen and oxygen atoms in total. The van der Waals surface area contributed by atoms with Crippen LogP contribution in [0.4, 0.5) is 0 Å². The Balaban J connectivity index is 1.40. The first kappa shape index (κ1) is 22.1. The minimum Gasteiger partial charge on any atom is -0.396 e. The van der Waals surface area contributed by atoms with E-state index in [4.69, 9.17) is 0 Å². The molecule has 3 aliphatic carbocycles. The Labute approximate surface area is 200 Å². The van der Waals surface area contributed by atoms with Crippen LogP contribution in [0.3, 0.4) is 0 Å². The van der Waals surface area contributed by atoms with Crippen LogP contribution < -0.4 is 10.9 Å². The molecule has 2 saturated carbocycles. The van der Waals surface area contributed by atoms with Crippen molar-refractivity contribution in [2.45, 2.75) is 88.9 Å². The standard InChI is InChI=1S/C27H35N3O4/c31-15-21-20-14-29-22(13-12-19(27(29)34)16-6-1-2-7-16)23(20)30(26(33)17-8-3-4-9-17)24(21)25(32)28-18-10-5-11-18/h6,12-13,17-18,20-21,23-24,31H,1-5,7-11,14-15H2,(H,28,32)/t20-,21-,23+,24-/m0/s1. The summed E-state index contributed by atoms with van der Waals surface area (Å²) in [5.41, 5.74) is 2.70. The van der Waals surface area contributed by atoms with Crippen molar-refractivity contribution in [1.82, 2.24) is 14.8 Å². The number of allylic oxidation sites excluding steroid dienone is 2. The average Bonchev–Trinajstić information content (AvgIpc) is 3.59. The maximum absolute atomic E-state index is 13.9. The van der Waals surface area contributed by atoms with Crippen molar-refractivity contribution in [3.63, 3.8) is 0 Å². The maximum Gasteiger partial charge on any atom is 0.258 e. The number of carbonyl (C=O) groups excluding carboxylic acids is 2. The lowest BCUT2D eigenvalue weighted by Crippen LogP contribution is -2.54. The smallest absolute Gasteiger partial charge is 0.258 e. The number of hydrogen-bond acceptors (Lipinski definition) is 4. The van der Waals surface area contributed by atoms with Crippen LogP contribution in [0, 0.1) is 17.8 Å². The molecule has 3 heterocycles. The van der Waals surface area contributed by atoms with E-state index < -0.39 is 6.04 Å². The largest absolute Gasteiger partial charge is 0.396 e. The van der Waals surface area contributed by atoms with Crippen molar-refractivity contribution >= 4 is 17.4 Å². The fourth-order valence-corrected chi connectivity index (χ4v) is 7.11. The van der Waals surface area contributed by atoms with E-state index in [1.807, 2.05) is 16.7 Å². The van der Waals surface area contributed by atoms with Gasteiger partial charge in [-0.1, -0.05) is 18.9 Å². The fraction of sp³-hybridized carbons (Fsp3) is 0.667. The monoisotopic (exact) mass is 465 g/mol. The Morgan fingerprint density at radius 2 is 1.85 bits per heavy atom. The summed E-state index contributed by atoms with van der Waals surface area (Å²) >= 11 is 0. The van der Waals surface area contributed by atoms with Crippen molar-refractivity contribution in [2.24, 2.45) is 17.8 Å². The second-order valence-electron chi connectivity index (χ2n) is 11.0. The van der Waals surface area contributed by atoms with Crippen LogP contribution in [-0.2, 0) is 16.1 Å². The number of nitrogens with one attached hydrogen (secondary N) is 1. The zero-order chi connectivity index (χ0) is 23.4. The predicted molar refractivity (Wildman–Crippen MR) is 128 cm³/mol. The van der Waals surface area contributed by atoms with Crippen LogP contribution >= 0.6 is 0 Å². The molecule has 2 amide bonds. The van der Waals surface area contributed by atoms with E-state index in [2.05, 4.69) is 11.4 Å². The van der Waals surface area contributed by atoms with Crippen molar-refractivity contribution in [3.8, 4) is 0 Å². The number of carbonyl (C=O) groups is 2. The summed E-state index contributed by atoms with van der Waals surface area (Å²) in [5.74, 6) is -0.676. The highest BCUT2D eigenvalue weighted by atomic mass is 16.3.